The van der Waals surface area contributed by atoms with Crippen LogP contribution in [0.15, 0.2) is 28.9 Å². The fraction of sp³-hybridized carbons (Fsp3) is 0.533. The molecule has 1 N–H and O–H groups in total. The Bertz CT molecular complexity index is 447. The summed E-state index contributed by atoms with van der Waals surface area (Å²) in [4.78, 5) is 28.1. The van der Waals surface area contributed by atoms with E-state index in [0.717, 1.165) is 4.90 Å². The zero-order chi connectivity index (χ0) is 16.6. The van der Waals surface area contributed by atoms with Gasteiger partial charge in [-0.25, -0.2) is 9.59 Å². The van der Waals surface area contributed by atoms with Gasteiger partial charge in [0.2, 0.25) is 0 Å². The molecule has 0 aromatic rings. The number of ether oxygens (including phenoxy) is 1. The fourth-order valence-electron chi connectivity index (χ4n) is 1.57. The van der Waals surface area contributed by atoms with E-state index in [-0.39, 0.29) is 6.42 Å². The standard InChI is InChI=1S/C15H24N2O4/c1-7-8-11(10-16-5)9-12(13(18)19)17(6)14(20)21-15(2,3)4/h7-8,10,12H,5,9H2,1-4,6H3,(H,18,19)/b8-7-,11-10+. The topological polar surface area (TPSA) is 79.2 Å². The van der Waals surface area contributed by atoms with Crippen molar-refractivity contribution in [2.75, 3.05) is 7.05 Å². The van der Waals surface area contributed by atoms with Gasteiger partial charge in [-0.05, 0) is 40.0 Å². The molecule has 21 heavy (non-hydrogen) atoms. The zero-order valence-electron chi connectivity index (χ0n) is 13.3. The number of carbonyl (C=O) groups is 2. The van der Waals surface area contributed by atoms with Crippen molar-refractivity contribution in [2.45, 2.75) is 45.8 Å². The summed E-state index contributed by atoms with van der Waals surface area (Å²) in [6.45, 7) is 10.3. The summed E-state index contributed by atoms with van der Waals surface area (Å²) < 4.78 is 5.18. The second kappa shape index (κ2) is 8.24. The summed E-state index contributed by atoms with van der Waals surface area (Å²) in [5, 5.41) is 9.33. The van der Waals surface area contributed by atoms with Crippen molar-refractivity contribution in [3.05, 3.63) is 23.9 Å². The Morgan fingerprint density at radius 1 is 1.43 bits per heavy atom. The summed E-state index contributed by atoms with van der Waals surface area (Å²) in [6, 6.07) is -1.04. The van der Waals surface area contributed by atoms with Crippen LogP contribution in [0.5, 0.6) is 0 Å². The van der Waals surface area contributed by atoms with Gasteiger partial charge >= 0.3 is 12.1 Å². The van der Waals surface area contributed by atoms with E-state index in [2.05, 4.69) is 11.7 Å². The lowest BCUT2D eigenvalue weighted by atomic mass is 10.1. The summed E-state index contributed by atoms with van der Waals surface area (Å²) >= 11 is 0. The van der Waals surface area contributed by atoms with Gasteiger partial charge in [-0.2, -0.15) is 0 Å². The average molecular weight is 296 g/mol. The zero-order valence-corrected chi connectivity index (χ0v) is 13.3. The average Bonchev–Trinajstić information content (AvgIpc) is 2.33. The third-order valence-corrected chi connectivity index (χ3v) is 2.50. The van der Waals surface area contributed by atoms with Crippen molar-refractivity contribution in [2.24, 2.45) is 4.99 Å². The number of aliphatic carboxylic acids is 1. The van der Waals surface area contributed by atoms with Gasteiger partial charge in [0.25, 0.3) is 0 Å². The first-order valence-electron chi connectivity index (χ1n) is 6.58. The molecule has 0 aliphatic rings. The first-order valence-corrected chi connectivity index (χ1v) is 6.58. The minimum absolute atomic E-state index is 0.119. The number of rotatable bonds is 6. The van der Waals surface area contributed by atoms with E-state index in [1.165, 1.54) is 13.2 Å². The van der Waals surface area contributed by atoms with Gasteiger partial charge in [-0.15, -0.1) is 0 Å². The predicted octanol–water partition coefficient (Wildman–Crippen LogP) is 2.86. The van der Waals surface area contributed by atoms with Crippen LogP contribution < -0.4 is 0 Å². The smallest absolute Gasteiger partial charge is 0.410 e. The van der Waals surface area contributed by atoms with Gasteiger partial charge in [-0.3, -0.25) is 9.89 Å². The van der Waals surface area contributed by atoms with Crippen LogP contribution in [-0.2, 0) is 9.53 Å². The number of amides is 1. The summed E-state index contributed by atoms with van der Waals surface area (Å²) in [5.41, 5.74) is -0.0192. The molecule has 1 unspecified atom stereocenters. The van der Waals surface area contributed by atoms with Crippen LogP contribution in [0, 0.1) is 0 Å². The lowest BCUT2D eigenvalue weighted by Gasteiger charge is -2.28. The van der Waals surface area contributed by atoms with Gasteiger partial charge in [-0.1, -0.05) is 12.2 Å². The molecule has 0 rings (SSSR count). The van der Waals surface area contributed by atoms with Crippen molar-refractivity contribution in [1.29, 1.82) is 0 Å². The molecule has 0 spiro atoms. The molecular formula is C15H24N2O4. The maximum absolute atomic E-state index is 12.0. The van der Waals surface area contributed by atoms with Crippen LogP contribution in [0.2, 0.25) is 0 Å². The first kappa shape index (κ1) is 18.9. The van der Waals surface area contributed by atoms with E-state index in [0.29, 0.717) is 5.57 Å². The second-order valence-electron chi connectivity index (χ2n) is 5.54. The van der Waals surface area contributed by atoms with Gasteiger partial charge in [0.05, 0.1) is 0 Å². The Hall–Kier alpha value is -2.11. The summed E-state index contributed by atoms with van der Waals surface area (Å²) in [7, 11) is 1.40. The van der Waals surface area contributed by atoms with Crippen LogP contribution in [0.3, 0.4) is 0 Å². The minimum atomic E-state index is -1.11. The summed E-state index contributed by atoms with van der Waals surface area (Å²) in [6.07, 6.45) is 4.41. The highest BCUT2D eigenvalue weighted by atomic mass is 16.6. The van der Waals surface area contributed by atoms with E-state index < -0.39 is 23.7 Å². The molecule has 1 amide bonds. The SMILES string of the molecule is C=N/C=C(\C=C/C)CC(C(=O)O)N(C)C(=O)OC(C)(C)C. The fourth-order valence-corrected chi connectivity index (χ4v) is 1.57. The molecule has 0 aromatic heterocycles. The third-order valence-electron chi connectivity index (χ3n) is 2.50. The molecule has 0 bridgehead atoms. The van der Waals surface area contributed by atoms with Crippen LogP contribution >= 0.6 is 0 Å². The number of hydrogen-bond donors (Lipinski definition) is 1. The third kappa shape index (κ3) is 7.29. The lowest BCUT2D eigenvalue weighted by molar-refractivity contribution is -0.142. The van der Waals surface area contributed by atoms with Crippen molar-refractivity contribution < 1.29 is 19.4 Å². The number of carbonyl (C=O) groups excluding carboxylic acids is 1. The van der Waals surface area contributed by atoms with Crippen LogP contribution in [0.25, 0.3) is 0 Å². The largest absolute Gasteiger partial charge is 0.480 e. The molecule has 0 aliphatic heterocycles. The van der Waals surface area contributed by atoms with Gasteiger partial charge < -0.3 is 9.84 Å². The number of hydrogen-bond acceptors (Lipinski definition) is 4. The van der Waals surface area contributed by atoms with Crippen molar-refractivity contribution in [3.63, 3.8) is 0 Å². The van der Waals surface area contributed by atoms with Crippen molar-refractivity contribution >= 4 is 18.8 Å². The second-order valence-corrected chi connectivity index (χ2v) is 5.54. The number of nitrogens with zero attached hydrogens (tertiary/aromatic N) is 2. The Morgan fingerprint density at radius 3 is 2.38 bits per heavy atom. The van der Waals surface area contributed by atoms with Crippen molar-refractivity contribution in [1.82, 2.24) is 4.90 Å². The van der Waals surface area contributed by atoms with E-state index in [9.17, 15) is 14.7 Å². The van der Waals surface area contributed by atoms with Gasteiger partial charge in [0.1, 0.15) is 11.6 Å². The molecule has 0 aromatic carbocycles. The highest BCUT2D eigenvalue weighted by molar-refractivity contribution is 5.80. The molecule has 0 aliphatic carbocycles. The Balaban J connectivity index is 5.14. The van der Waals surface area contributed by atoms with Crippen LogP contribution in [-0.4, -0.2) is 47.5 Å². The summed E-state index contributed by atoms with van der Waals surface area (Å²) in [5.74, 6) is -1.11. The van der Waals surface area contributed by atoms with E-state index in [4.69, 9.17) is 4.74 Å². The number of carboxylic acids is 1. The van der Waals surface area contributed by atoms with Crippen molar-refractivity contribution in [3.8, 4) is 0 Å². The molecule has 6 heteroatoms. The van der Waals surface area contributed by atoms with Gasteiger partial charge in [0, 0.05) is 19.7 Å². The van der Waals surface area contributed by atoms with E-state index in [1.54, 1.807) is 32.9 Å². The minimum Gasteiger partial charge on any atom is -0.480 e. The van der Waals surface area contributed by atoms with Crippen LogP contribution in [0.1, 0.15) is 34.1 Å². The monoisotopic (exact) mass is 296 g/mol. The maximum atomic E-state index is 12.0. The normalized spacial score (nSPS) is 13.9. The van der Waals surface area contributed by atoms with E-state index in [1.807, 2.05) is 6.92 Å². The molecule has 0 fully saturated rings. The molecule has 0 saturated heterocycles. The van der Waals surface area contributed by atoms with E-state index >= 15 is 0 Å². The Kier molecular flexibility index (Phi) is 7.41. The molecule has 0 heterocycles. The number of aliphatic imine (C=N–C) groups is 1. The highest BCUT2D eigenvalue weighted by Crippen LogP contribution is 2.16. The molecule has 1 atom stereocenters. The van der Waals surface area contributed by atoms with Gasteiger partial charge in [0.15, 0.2) is 0 Å². The number of likely N-dealkylation sites (N-methyl/N-ethyl adjacent to an activating group) is 1. The molecule has 0 saturated carbocycles. The predicted molar refractivity (Wildman–Crippen MR) is 82.5 cm³/mol. The molecule has 118 valence electrons. The number of allylic oxidation sites excluding steroid dienone is 2. The number of carboxylic acid groups (broad SMARTS) is 1. The Morgan fingerprint density at radius 2 is 2.00 bits per heavy atom. The molecule has 6 nitrogen and oxygen atoms in total. The molecular weight excluding hydrogens is 272 g/mol. The lowest BCUT2D eigenvalue weighted by Crippen LogP contribution is -2.45. The van der Waals surface area contributed by atoms with Crippen LogP contribution in [0.4, 0.5) is 4.79 Å². The first-order chi connectivity index (χ1) is 9.62. The highest BCUT2D eigenvalue weighted by Gasteiger charge is 2.30. The maximum Gasteiger partial charge on any atom is 0.410 e. The molecule has 0 radical (unpaired) electrons. The Labute approximate surface area is 125 Å². The quantitative estimate of drug-likeness (QED) is 0.604.